The van der Waals surface area contributed by atoms with Crippen LogP contribution in [-0.4, -0.2) is 92.4 Å². The second-order valence-corrected chi connectivity index (χ2v) is 16.6. The Bertz CT molecular complexity index is 2400. The van der Waals surface area contributed by atoms with Gasteiger partial charge in [-0.2, -0.15) is 5.26 Å². The smallest absolute Gasteiger partial charge is 0.293 e. The van der Waals surface area contributed by atoms with Crippen LogP contribution in [0, 0.1) is 16.7 Å². The lowest BCUT2D eigenvalue weighted by Crippen LogP contribution is -2.56. The second-order valence-electron chi connectivity index (χ2n) is 16.6. The summed E-state index contributed by atoms with van der Waals surface area (Å²) in [6.07, 6.45) is 7.04. The number of aliphatic hydroxyl groups excluding tert-OH is 1. The van der Waals surface area contributed by atoms with Crippen LogP contribution >= 0.6 is 0 Å². The molecular weight excluding hydrogens is 737 g/mol. The van der Waals surface area contributed by atoms with Crippen LogP contribution in [0.5, 0.6) is 0 Å². The normalized spacial score (nSPS) is 19.4. The molecule has 8 rings (SSSR count). The molecule has 0 saturated carbocycles. The van der Waals surface area contributed by atoms with Gasteiger partial charge in [-0.3, -0.25) is 24.2 Å². The molecule has 2 amide bonds. The lowest BCUT2D eigenvalue weighted by Gasteiger charge is -2.45. The van der Waals surface area contributed by atoms with Gasteiger partial charge < -0.3 is 34.5 Å². The molecule has 6 heterocycles. The number of rotatable bonds is 9. The van der Waals surface area contributed by atoms with Crippen LogP contribution in [-0.2, 0) is 42.6 Å². The van der Waals surface area contributed by atoms with Gasteiger partial charge in [0.15, 0.2) is 5.82 Å². The summed E-state index contributed by atoms with van der Waals surface area (Å²) in [7, 11) is 1.62. The second kappa shape index (κ2) is 15.5. The zero-order valence-electron chi connectivity index (χ0n) is 33.5. The lowest BCUT2D eigenvalue weighted by atomic mass is 9.90. The third-order valence-electron chi connectivity index (χ3n) is 12.0. The number of nitriles is 1. The van der Waals surface area contributed by atoms with E-state index in [0.29, 0.717) is 58.8 Å². The van der Waals surface area contributed by atoms with E-state index >= 15 is 0 Å². The summed E-state index contributed by atoms with van der Waals surface area (Å²) in [5.74, 6) is -0.435. The number of aliphatic hydroxyl groups is 1. The molecule has 1 atom stereocenters. The summed E-state index contributed by atoms with van der Waals surface area (Å²) in [6, 6.07) is 11.6. The van der Waals surface area contributed by atoms with Gasteiger partial charge >= 0.3 is 0 Å². The van der Waals surface area contributed by atoms with Crippen LogP contribution in [0.25, 0.3) is 11.3 Å². The number of hydrogen-bond donors (Lipinski definition) is 3. The molecule has 302 valence electrons. The number of pyridine rings is 1. The van der Waals surface area contributed by atoms with Crippen molar-refractivity contribution in [3.05, 3.63) is 87.7 Å². The zero-order valence-corrected chi connectivity index (χ0v) is 33.5. The Morgan fingerprint density at radius 2 is 1.90 bits per heavy atom. The minimum Gasteiger partial charge on any atom is -0.392 e. The SMILES string of the molecule is C=C(C#N)C(=O)Nc1cc(Nc2nc(-c3ccnc(N4CCn5c(cc6c5CC(C)(C)C6)C4=O)c3CO)cn(C)c2=O)ccc1N1CCN(C2CCOCC2)C[C@@H]1C. The Morgan fingerprint density at radius 3 is 2.64 bits per heavy atom. The van der Waals surface area contributed by atoms with Crippen molar-refractivity contribution in [2.75, 3.05) is 59.8 Å². The van der Waals surface area contributed by atoms with Crippen molar-refractivity contribution in [3.63, 3.8) is 0 Å². The molecule has 3 aromatic heterocycles. The Hall–Kier alpha value is -5.82. The van der Waals surface area contributed by atoms with Crippen LogP contribution in [0.2, 0.25) is 0 Å². The molecule has 15 nitrogen and oxygen atoms in total. The molecule has 0 bridgehead atoms. The molecule has 4 aliphatic rings. The van der Waals surface area contributed by atoms with Gasteiger partial charge in [-0.05, 0) is 73.9 Å². The molecule has 15 heteroatoms. The summed E-state index contributed by atoms with van der Waals surface area (Å²) < 4.78 is 9.12. The van der Waals surface area contributed by atoms with Gasteiger partial charge in [0.25, 0.3) is 17.4 Å². The highest BCUT2D eigenvalue weighted by Crippen LogP contribution is 2.40. The van der Waals surface area contributed by atoms with Crippen molar-refractivity contribution >= 4 is 40.5 Å². The van der Waals surface area contributed by atoms with E-state index < -0.39 is 18.1 Å². The zero-order chi connectivity index (χ0) is 40.9. The van der Waals surface area contributed by atoms with Gasteiger partial charge in [0.1, 0.15) is 23.2 Å². The molecule has 58 heavy (non-hydrogen) atoms. The fourth-order valence-corrected chi connectivity index (χ4v) is 9.12. The van der Waals surface area contributed by atoms with Crippen LogP contribution < -0.4 is 26.0 Å². The van der Waals surface area contributed by atoms with E-state index in [1.807, 2.05) is 24.3 Å². The van der Waals surface area contributed by atoms with E-state index in [0.717, 1.165) is 64.2 Å². The van der Waals surface area contributed by atoms with E-state index in [1.54, 1.807) is 36.5 Å². The van der Waals surface area contributed by atoms with Gasteiger partial charge in [0.05, 0.1) is 23.7 Å². The highest BCUT2D eigenvalue weighted by Gasteiger charge is 2.38. The molecule has 2 saturated heterocycles. The average Bonchev–Trinajstić information content (AvgIpc) is 3.71. The first-order chi connectivity index (χ1) is 27.8. The number of hydrogen-bond acceptors (Lipinski definition) is 11. The number of fused-ring (bicyclic) bond motifs is 3. The van der Waals surface area contributed by atoms with Crippen LogP contribution in [0.1, 0.15) is 60.9 Å². The highest BCUT2D eigenvalue weighted by molar-refractivity contribution is 6.08. The first kappa shape index (κ1) is 39.0. The van der Waals surface area contributed by atoms with Gasteiger partial charge in [0, 0.05) is 100.0 Å². The fraction of sp³-hybridized carbons (Fsp3) is 0.442. The van der Waals surface area contributed by atoms with Crippen molar-refractivity contribution in [3.8, 4) is 17.3 Å². The largest absolute Gasteiger partial charge is 0.392 e. The molecule has 1 aliphatic carbocycles. The van der Waals surface area contributed by atoms with Gasteiger partial charge in [-0.1, -0.05) is 20.4 Å². The van der Waals surface area contributed by atoms with Crippen molar-refractivity contribution in [1.29, 1.82) is 5.26 Å². The number of nitrogens with one attached hydrogen (secondary N) is 2. The average molecular weight is 787 g/mol. The van der Waals surface area contributed by atoms with Crippen LogP contribution in [0.3, 0.4) is 0 Å². The molecule has 0 radical (unpaired) electrons. The molecule has 1 aromatic carbocycles. The number of amides is 2. The van der Waals surface area contributed by atoms with E-state index in [9.17, 15) is 24.8 Å². The van der Waals surface area contributed by atoms with Gasteiger partial charge in [-0.15, -0.1) is 0 Å². The van der Waals surface area contributed by atoms with Crippen LogP contribution in [0.15, 0.2) is 59.7 Å². The molecule has 4 aromatic rings. The molecule has 3 N–H and O–H groups in total. The fourth-order valence-electron chi connectivity index (χ4n) is 9.12. The first-order valence-electron chi connectivity index (χ1n) is 20.0. The minimum atomic E-state index is -0.621. The minimum absolute atomic E-state index is 0.0106. The number of piperazine rings is 1. The summed E-state index contributed by atoms with van der Waals surface area (Å²) in [6.45, 7) is 14.8. The third-order valence-corrected chi connectivity index (χ3v) is 12.0. The number of aromatic nitrogens is 4. The number of aryl methyl sites for hydroxylation is 1. The van der Waals surface area contributed by atoms with E-state index in [1.165, 1.54) is 15.8 Å². The monoisotopic (exact) mass is 786 g/mol. The number of benzene rings is 1. The Morgan fingerprint density at radius 1 is 1.10 bits per heavy atom. The maximum Gasteiger partial charge on any atom is 0.293 e. The Kier molecular flexibility index (Phi) is 10.4. The maximum atomic E-state index is 14.0. The number of nitrogens with zero attached hydrogens (tertiary/aromatic N) is 8. The molecular formula is C43H50N10O5. The van der Waals surface area contributed by atoms with Crippen molar-refractivity contribution in [1.82, 2.24) is 24.0 Å². The predicted octanol–water partition coefficient (Wildman–Crippen LogP) is 4.37. The summed E-state index contributed by atoms with van der Waals surface area (Å²) >= 11 is 0. The van der Waals surface area contributed by atoms with E-state index in [4.69, 9.17) is 9.72 Å². The number of anilines is 5. The van der Waals surface area contributed by atoms with E-state index in [2.05, 4.69) is 57.3 Å². The number of carbonyl (C=O) groups is 2. The van der Waals surface area contributed by atoms with Crippen molar-refractivity contribution < 1.29 is 19.4 Å². The lowest BCUT2D eigenvalue weighted by molar-refractivity contribution is -0.112. The van der Waals surface area contributed by atoms with E-state index in [-0.39, 0.29) is 28.8 Å². The van der Waals surface area contributed by atoms with Gasteiger partial charge in [0.2, 0.25) is 0 Å². The van der Waals surface area contributed by atoms with Crippen molar-refractivity contribution in [2.45, 2.75) is 71.7 Å². The molecule has 3 aliphatic heterocycles. The van der Waals surface area contributed by atoms with Crippen molar-refractivity contribution in [2.24, 2.45) is 12.5 Å². The summed E-state index contributed by atoms with van der Waals surface area (Å²) in [4.78, 5) is 56.3. The molecule has 2 fully saturated rings. The first-order valence-corrected chi connectivity index (χ1v) is 20.0. The topological polar surface area (TPSA) is 174 Å². The standard InChI is InChI=1S/C43H50N10O5/c1-26(22-44)40(55)48-33-19-29(6-7-35(33)51-13-12-50(23-27(51)2)30-9-16-58-17-10-30)46-38-42(57)49(5)24-34(47-38)31-8-11-45-39(32(31)25-54)53-15-14-52-36(41(53)56)18-28-20-43(3,4)21-37(28)52/h6-8,11,18-19,24,27,30,54H,1,9-10,12-17,20-21,23,25H2,2-5H3,(H,46,47)(H,48,55)/t27-/m0/s1. The predicted molar refractivity (Wildman–Crippen MR) is 221 cm³/mol. The molecule has 0 spiro atoms. The number of carbonyl (C=O) groups excluding carboxylic acids is 2. The summed E-state index contributed by atoms with van der Waals surface area (Å²) in [5, 5.41) is 26.2. The quantitative estimate of drug-likeness (QED) is 0.162. The maximum absolute atomic E-state index is 14.0. The molecule has 0 unspecified atom stereocenters. The van der Waals surface area contributed by atoms with Crippen LogP contribution in [0.4, 0.5) is 28.7 Å². The summed E-state index contributed by atoms with van der Waals surface area (Å²) in [5.41, 5.74) is 5.64. The third kappa shape index (κ3) is 7.27. The number of ether oxygens (including phenoxy) is 1. The Balaban J connectivity index is 1.08. The highest BCUT2D eigenvalue weighted by atomic mass is 16.5. The Labute approximate surface area is 337 Å². The van der Waals surface area contributed by atoms with Gasteiger partial charge in [-0.25, -0.2) is 9.97 Å².